The van der Waals surface area contributed by atoms with Gasteiger partial charge in [0.15, 0.2) is 0 Å². The van der Waals surface area contributed by atoms with Crippen molar-refractivity contribution in [2.45, 2.75) is 19.3 Å². The second-order valence-corrected chi connectivity index (χ2v) is 5.51. The molecule has 2 amide bonds. The summed E-state index contributed by atoms with van der Waals surface area (Å²) in [6.07, 6.45) is -10.1. The highest BCUT2D eigenvalue weighted by atomic mass is 19.4. The van der Waals surface area contributed by atoms with E-state index in [1.54, 1.807) is 0 Å². The van der Waals surface area contributed by atoms with Gasteiger partial charge in [0.05, 0.1) is 11.1 Å². The van der Waals surface area contributed by atoms with Crippen molar-refractivity contribution in [3.63, 3.8) is 0 Å². The third-order valence-corrected chi connectivity index (χ3v) is 3.29. The van der Waals surface area contributed by atoms with Crippen LogP contribution in [0.5, 0.6) is 0 Å². The summed E-state index contributed by atoms with van der Waals surface area (Å²) in [6.45, 7) is 1.24. The number of carbonyl (C=O) groups is 2. The zero-order valence-corrected chi connectivity index (χ0v) is 13.6. The standard InChI is InChI=1S/C17H12F6N2O2/c1-9(26)24-13-3-2-4-14(8-13)25-15(27)10-5-11(16(18,19)20)7-12(6-10)17(21,22)23/h2-8H,1H3,(H,24,26)(H,25,27). The lowest BCUT2D eigenvalue weighted by molar-refractivity contribution is -0.143. The zero-order chi connectivity index (χ0) is 20.4. The minimum Gasteiger partial charge on any atom is -0.326 e. The van der Waals surface area contributed by atoms with Gasteiger partial charge in [-0.05, 0) is 36.4 Å². The molecule has 0 bridgehead atoms. The molecule has 0 aliphatic carbocycles. The first-order chi connectivity index (χ1) is 12.4. The predicted molar refractivity (Wildman–Crippen MR) is 85.1 cm³/mol. The van der Waals surface area contributed by atoms with Gasteiger partial charge < -0.3 is 10.6 Å². The molecule has 0 aliphatic rings. The zero-order valence-electron chi connectivity index (χ0n) is 13.6. The molecule has 2 rings (SSSR count). The van der Waals surface area contributed by atoms with E-state index in [1.165, 1.54) is 31.2 Å². The molecule has 0 radical (unpaired) electrons. The van der Waals surface area contributed by atoms with Crippen molar-refractivity contribution < 1.29 is 35.9 Å². The van der Waals surface area contributed by atoms with Crippen LogP contribution in [0.3, 0.4) is 0 Å². The normalized spacial score (nSPS) is 11.8. The Morgan fingerprint density at radius 2 is 1.26 bits per heavy atom. The van der Waals surface area contributed by atoms with Crippen molar-refractivity contribution in [1.82, 2.24) is 0 Å². The SMILES string of the molecule is CC(=O)Nc1cccc(NC(=O)c2cc(C(F)(F)F)cc(C(F)(F)F)c2)c1. The first kappa shape index (κ1) is 20.3. The third kappa shape index (κ3) is 5.47. The van der Waals surface area contributed by atoms with Crippen molar-refractivity contribution in [1.29, 1.82) is 0 Å². The van der Waals surface area contributed by atoms with Gasteiger partial charge in [-0.15, -0.1) is 0 Å². The molecule has 0 spiro atoms. The van der Waals surface area contributed by atoms with Crippen LogP contribution in [0.4, 0.5) is 37.7 Å². The highest BCUT2D eigenvalue weighted by Crippen LogP contribution is 2.36. The molecule has 0 saturated heterocycles. The molecule has 27 heavy (non-hydrogen) atoms. The van der Waals surface area contributed by atoms with Crippen LogP contribution >= 0.6 is 0 Å². The number of alkyl halides is 6. The van der Waals surface area contributed by atoms with Crippen LogP contribution in [-0.2, 0) is 17.1 Å². The number of carbonyl (C=O) groups excluding carboxylic acids is 2. The van der Waals surface area contributed by atoms with Crippen LogP contribution in [-0.4, -0.2) is 11.8 Å². The van der Waals surface area contributed by atoms with Crippen molar-refractivity contribution in [2.75, 3.05) is 10.6 Å². The smallest absolute Gasteiger partial charge is 0.326 e. The molecule has 4 nitrogen and oxygen atoms in total. The first-order valence-corrected chi connectivity index (χ1v) is 7.35. The Balaban J connectivity index is 2.37. The van der Waals surface area contributed by atoms with Gasteiger partial charge in [-0.3, -0.25) is 9.59 Å². The average molecular weight is 390 g/mol. The van der Waals surface area contributed by atoms with Gasteiger partial charge in [-0.25, -0.2) is 0 Å². The Morgan fingerprint density at radius 1 is 0.778 bits per heavy atom. The Morgan fingerprint density at radius 3 is 1.70 bits per heavy atom. The van der Waals surface area contributed by atoms with Gasteiger partial charge in [0.25, 0.3) is 5.91 Å². The van der Waals surface area contributed by atoms with Crippen LogP contribution in [0.15, 0.2) is 42.5 Å². The molecule has 0 aliphatic heterocycles. The lowest BCUT2D eigenvalue weighted by atomic mass is 10.0. The van der Waals surface area contributed by atoms with Crippen LogP contribution < -0.4 is 10.6 Å². The minimum absolute atomic E-state index is 0.0613. The Hall–Kier alpha value is -3.04. The highest BCUT2D eigenvalue weighted by molar-refractivity contribution is 6.05. The summed E-state index contributed by atoms with van der Waals surface area (Å²) >= 11 is 0. The predicted octanol–water partition coefficient (Wildman–Crippen LogP) is 4.93. The number of benzene rings is 2. The van der Waals surface area contributed by atoms with E-state index in [2.05, 4.69) is 10.6 Å². The molecule has 0 saturated carbocycles. The molecule has 2 N–H and O–H groups in total. The van der Waals surface area contributed by atoms with E-state index >= 15 is 0 Å². The molecule has 0 fully saturated rings. The van der Waals surface area contributed by atoms with Gasteiger partial charge in [0, 0.05) is 23.9 Å². The van der Waals surface area contributed by atoms with E-state index < -0.39 is 40.9 Å². The molecule has 0 unspecified atom stereocenters. The summed E-state index contributed by atoms with van der Waals surface area (Å²) in [4.78, 5) is 23.2. The van der Waals surface area contributed by atoms with E-state index in [1.807, 2.05) is 0 Å². The Bertz CT molecular complexity index is 842. The lowest BCUT2D eigenvalue weighted by Gasteiger charge is -2.14. The maximum Gasteiger partial charge on any atom is 0.416 e. The van der Waals surface area contributed by atoms with E-state index in [0.29, 0.717) is 17.8 Å². The number of rotatable bonds is 3. The van der Waals surface area contributed by atoms with Crippen LogP contribution in [0.1, 0.15) is 28.4 Å². The number of hydrogen-bond acceptors (Lipinski definition) is 2. The number of amides is 2. The van der Waals surface area contributed by atoms with E-state index in [9.17, 15) is 35.9 Å². The molecular weight excluding hydrogens is 378 g/mol. The molecular formula is C17H12F6N2O2. The molecule has 0 heterocycles. The maximum absolute atomic E-state index is 12.9. The van der Waals surface area contributed by atoms with Crippen molar-refractivity contribution in [2.24, 2.45) is 0 Å². The number of hydrogen-bond donors (Lipinski definition) is 2. The molecule has 0 aromatic heterocycles. The second kappa shape index (κ2) is 7.29. The van der Waals surface area contributed by atoms with Gasteiger partial charge in [0.1, 0.15) is 0 Å². The Kier molecular flexibility index (Phi) is 5.48. The largest absolute Gasteiger partial charge is 0.416 e. The van der Waals surface area contributed by atoms with Gasteiger partial charge in [-0.1, -0.05) is 6.07 Å². The topological polar surface area (TPSA) is 58.2 Å². The summed E-state index contributed by atoms with van der Waals surface area (Å²) in [5.74, 6) is -1.56. The molecule has 2 aromatic rings. The summed E-state index contributed by atoms with van der Waals surface area (Å²) in [5, 5.41) is 4.63. The maximum atomic E-state index is 12.9. The molecule has 144 valence electrons. The summed E-state index contributed by atoms with van der Waals surface area (Å²) < 4.78 is 77.2. The molecule has 0 atom stereocenters. The summed E-state index contributed by atoms with van der Waals surface area (Å²) in [7, 11) is 0. The molecule has 2 aromatic carbocycles. The minimum atomic E-state index is -5.05. The van der Waals surface area contributed by atoms with Gasteiger partial charge >= 0.3 is 12.4 Å². The summed E-state index contributed by atoms with van der Waals surface area (Å²) in [5.41, 5.74) is -3.61. The van der Waals surface area contributed by atoms with Crippen molar-refractivity contribution in [3.05, 3.63) is 59.2 Å². The monoisotopic (exact) mass is 390 g/mol. The van der Waals surface area contributed by atoms with Crippen LogP contribution in [0.2, 0.25) is 0 Å². The van der Waals surface area contributed by atoms with Crippen molar-refractivity contribution >= 4 is 23.2 Å². The number of nitrogens with one attached hydrogen (secondary N) is 2. The quantitative estimate of drug-likeness (QED) is 0.730. The van der Waals surface area contributed by atoms with E-state index in [4.69, 9.17) is 0 Å². The molecule has 10 heteroatoms. The van der Waals surface area contributed by atoms with Crippen molar-refractivity contribution in [3.8, 4) is 0 Å². The number of anilines is 2. The first-order valence-electron chi connectivity index (χ1n) is 7.35. The lowest BCUT2D eigenvalue weighted by Crippen LogP contribution is -2.17. The van der Waals surface area contributed by atoms with Crippen LogP contribution in [0.25, 0.3) is 0 Å². The average Bonchev–Trinajstić information content (AvgIpc) is 2.52. The fraction of sp³-hybridized carbons (Fsp3) is 0.176. The Labute approximate surface area is 149 Å². The third-order valence-electron chi connectivity index (χ3n) is 3.29. The summed E-state index contributed by atoms with van der Waals surface area (Å²) in [6, 6.07) is 6.20. The fourth-order valence-electron chi connectivity index (χ4n) is 2.17. The number of halogens is 6. The van der Waals surface area contributed by atoms with Gasteiger partial charge in [0.2, 0.25) is 5.91 Å². The van der Waals surface area contributed by atoms with E-state index in [0.717, 1.165) is 0 Å². The second-order valence-electron chi connectivity index (χ2n) is 5.51. The van der Waals surface area contributed by atoms with Gasteiger partial charge in [-0.2, -0.15) is 26.3 Å². The fourth-order valence-corrected chi connectivity index (χ4v) is 2.17. The highest BCUT2D eigenvalue weighted by Gasteiger charge is 2.37. The van der Waals surface area contributed by atoms with Crippen LogP contribution in [0, 0.1) is 0 Å². The van der Waals surface area contributed by atoms with E-state index in [-0.39, 0.29) is 11.8 Å².